The smallest absolute Gasteiger partial charge is 0.305 e. The molecule has 2 amide bonds. The topological polar surface area (TPSA) is 66.9 Å². The molecule has 0 bridgehead atoms. The van der Waals surface area contributed by atoms with Gasteiger partial charge in [-0.2, -0.15) is 0 Å². The molecule has 2 aliphatic rings. The average Bonchev–Trinajstić information content (AvgIpc) is 3.18. The van der Waals surface area contributed by atoms with E-state index >= 15 is 0 Å². The summed E-state index contributed by atoms with van der Waals surface area (Å²) in [4.78, 5) is 41.3. The molecular weight excluding hydrogens is 420 g/mol. The number of fused-ring (bicyclic) bond motifs is 1. The molecule has 1 aromatic carbocycles. The number of rotatable bonds is 9. The van der Waals surface area contributed by atoms with Crippen molar-refractivity contribution in [2.45, 2.75) is 45.4 Å². The van der Waals surface area contributed by atoms with Gasteiger partial charge in [0.05, 0.1) is 23.3 Å². The third kappa shape index (κ3) is 4.59. The number of esters is 1. The van der Waals surface area contributed by atoms with Crippen LogP contribution in [-0.4, -0.2) is 47.2 Å². The van der Waals surface area contributed by atoms with Crippen LogP contribution in [0.5, 0.6) is 0 Å². The van der Waals surface area contributed by atoms with E-state index < -0.39 is 0 Å². The summed E-state index contributed by atoms with van der Waals surface area (Å²) in [6.45, 7) is 3.21. The molecule has 0 saturated carbocycles. The molecule has 3 rings (SSSR count). The SMILES string of the molecule is CCCCN1C(=O)/C(=C2\SC(=S)N(CCCCCC(=O)OC)C2=O)c2ccccc21. The molecule has 0 atom stereocenters. The molecule has 2 heterocycles. The zero-order valence-corrected chi connectivity index (χ0v) is 18.9. The number of hydrogen-bond acceptors (Lipinski definition) is 6. The minimum Gasteiger partial charge on any atom is -0.469 e. The summed E-state index contributed by atoms with van der Waals surface area (Å²) >= 11 is 6.65. The number of thiocarbonyl (C=S) groups is 1. The highest BCUT2D eigenvalue weighted by Crippen LogP contribution is 2.44. The Kier molecular flexibility index (Phi) is 7.66. The maximum atomic E-state index is 13.2. The molecule has 0 spiro atoms. The fraction of sp³-hybridized carbons (Fsp3) is 0.455. The zero-order valence-electron chi connectivity index (χ0n) is 17.3. The number of anilines is 1. The van der Waals surface area contributed by atoms with Crippen molar-refractivity contribution in [3.63, 3.8) is 0 Å². The Labute approximate surface area is 186 Å². The molecule has 8 heteroatoms. The van der Waals surface area contributed by atoms with Crippen molar-refractivity contribution < 1.29 is 19.1 Å². The fourth-order valence-electron chi connectivity index (χ4n) is 3.60. The number of unbranched alkanes of at least 4 members (excludes halogenated alkanes) is 3. The summed E-state index contributed by atoms with van der Waals surface area (Å²) in [7, 11) is 1.38. The van der Waals surface area contributed by atoms with Crippen molar-refractivity contribution in [3.8, 4) is 0 Å². The number of nitrogens with zero attached hydrogens (tertiary/aromatic N) is 2. The second-order valence-electron chi connectivity index (χ2n) is 7.24. The van der Waals surface area contributed by atoms with Crippen molar-refractivity contribution in [1.82, 2.24) is 4.90 Å². The van der Waals surface area contributed by atoms with E-state index in [0.29, 0.717) is 40.7 Å². The number of ether oxygens (including phenoxy) is 1. The highest BCUT2D eigenvalue weighted by molar-refractivity contribution is 8.26. The van der Waals surface area contributed by atoms with Crippen LogP contribution in [0.4, 0.5) is 5.69 Å². The summed E-state index contributed by atoms with van der Waals surface area (Å²) in [5, 5.41) is 0. The van der Waals surface area contributed by atoms with Gasteiger partial charge >= 0.3 is 5.97 Å². The molecule has 0 N–H and O–H groups in total. The first-order valence-corrected chi connectivity index (χ1v) is 11.5. The third-order valence-electron chi connectivity index (χ3n) is 5.22. The van der Waals surface area contributed by atoms with Crippen molar-refractivity contribution in [1.29, 1.82) is 0 Å². The lowest BCUT2D eigenvalue weighted by molar-refractivity contribution is -0.140. The Hall–Kier alpha value is -2.19. The van der Waals surface area contributed by atoms with Crippen LogP contribution in [0.25, 0.3) is 5.57 Å². The lowest BCUT2D eigenvalue weighted by Gasteiger charge is -2.16. The van der Waals surface area contributed by atoms with Gasteiger partial charge in [0.15, 0.2) is 0 Å². The van der Waals surface area contributed by atoms with Crippen LogP contribution in [-0.2, 0) is 19.1 Å². The highest BCUT2D eigenvalue weighted by Gasteiger charge is 2.41. The number of methoxy groups -OCH3 is 1. The zero-order chi connectivity index (χ0) is 21.7. The second kappa shape index (κ2) is 10.2. The second-order valence-corrected chi connectivity index (χ2v) is 8.89. The van der Waals surface area contributed by atoms with Crippen LogP contribution in [0.2, 0.25) is 0 Å². The first kappa shape index (κ1) is 22.5. The maximum Gasteiger partial charge on any atom is 0.305 e. The molecule has 6 nitrogen and oxygen atoms in total. The normalized spacial score (nSPS) is 18.4. The summed E-state index contributed by atoms with van der Waals surface area (Å²) in [6.07, 6.45) is 4.50. The van der Waals surface area contributed by atoms with Crippen molar-refractivity contribution in [3.05, 3.63) is 34.7 Å². The first-order chi connectivity index (χ1) is 14.5. The van der Waals surface area contributed by atoms with E-state index in [2.05, 4.69) is 11.7 Å². The number of amides is 2. The largest absolute Gasteiger partial charge is 0.469 e. The van der Waals surface area contributed by atoms with Gasteiger partial charge in [-0.25, -0.2) is 0 Å². The van der Waals surface area contributed by atoms with Crippen LogP contribution in [0.3, 0.4) is 0 Å². The average molecular weight is 447 g/mol. The van der Waals surface area contributed by atoms with Gasteiger partial charge in [0.25, 0.3) is 11.8 Å². The van der Waals surface area contributed by atoms with Crippen molar-refractivity contribution in [2.75, 3.05) is 25.1 Å². The maximum absolute atomic E-state index is 13.2. The van der Waals surface area contributed by atoms with Gasteiger partial charge < -0.3 is 9.64 Å². The van der Waals surface area contributed by atoms with E-state index in [1.165, 1.54) is 18.9 Å². The van der Waals surface area contributed by atoms with Gasteiger partial charge in [-0.1, -0.05) is 61.9 Å². The third-order valence-corrected chi connectivity index (χ3v) is 6.67. The lowest BCUT2D eigenvalue weighted by atomic mass is 10.1. The summed E-state index contributed by atoms with van der Waals surface area (Å²) in [5.74, 6) is -0.548. The minimum absolute atomic E-state index is 0.122. The van der Waals surface area contributed by atoms with Gasteiger partial charge in [-0.3, -0.25) is 19.3 Å². The fourth-order valence-corrected chi connectivity index (χ4v) is 4.98. The molecule has 2 aliphatic heterocycles. The Balaban J connectivity index is 1.75. The molecule has 160 valence electrons. The van der Waals surface area contributed by atoms with E-state index in [9.17, 15) is 14.4 Å². The van der Waals surface area contributed by atoms with E-state index in [4.69, 9.17) is 12.2 Å². The molecule has 0 radical (unpaired) electrons. The summed E-state index contributed by atoms with van der Waals surface area (Å²) in [6, 6.07) is 7.62. The van der Waals surface area contributed by atoms with E-state index in [-0.39, 0.29) is 17.8 Å². The molecule has 0 unspecified atom stereocenters. The van der Waals surface area contributed by atoms with Crippen LogP contribution in [0.1, 0.15) is 51.0 Å². The van der Waals surface area contributed by atoms with Crippen LogP contribution in [0, 0.1) is 0 Å². The summed E-state index contributed by atoms with van der Waals surface area (Å²) < 4.78 is 5.12. The lowest BCUT2D eigenvalue weighted by Crippen LogP contribution is -2.30. The predicted molar refractivity (Wildman–Crippen MR) is 123 cm³/mol. The van der Waals surface area contributed by atoms with Crippen LogP contribution in [0.15, 0.2) is 29.2 Å². The number of carbonyl (C=O) groups excluding carboxylic acids is 3. The van der Waals surface area contributed by atoms with Crippen LogP contribution >= 0.6 is 24.0 Å². The Morgan fingerprint density at radius 2 is 1.77 bits per heavy atom. The van der Waals surface area contributed by atoms with Gasteiger partial charge in [0, 0.05) is 25.1 Å². The van der Waals surface area contributed by atoms with Gasteiger partial charge in [0.1, 0.15) is 4.32 Å². The Morgan fingerprint density at radius 1 is 1.03 bits per heavy atom. The van der Waals surface area contributed by atoms with Gasteiger partial charge in [-0.05, 0) is 25.3 Å². The number of carbonyl (C=O) groups is 3. The molecule has 30 heavy (non-hydrogen) atoms. The molecule has 1 saturated heterocycles. The molecule has 0 aromatic heterocycles. The Bertz CT molecular complexity index is 897. The van der Waals surface area contributed by atoms with Crippen molar-refractivity contribution >= 4 is 57.3 Å². The van der Waals surface area contributed by atoms with Gasteiger partial charge in [-0.15, -0.1) is 0 Å². The number of benzene rings is 1. The quantitative estimate of drug-likeness (QED) is 0.246. The van der Waals surface area contributed by atoms with E-state index in [0.717, 1.165) is 36.9 Å². The van der Waals surface area contributed by atoms with E-state index in [1.807, 2.05) is 24.3 Å². The molecule has 0 aliphatic carbocycles. The van der Waals surface area contributed by atoms with Crippen LogP contribution < -0.4 is 4.90 Å². The molecule has 1 aromatic rings. The monoisotopic (exact) mass is 446 g/mol. The molecule has 1 fully saturated rings. The van der Waals surface area contributed by atoms with Crippen molar-refractivity contribution in [2.24, 2.45) is 0 Å². The molecular formula is C22H26N2O4S2. The number of para-hydroxylation sites is 1. The number of hydrogen-bond donors (Lipinski definition) is 0. The first-order valence-electron chi connectivity index (χ1n) is 10.3. The summed E-state index contributed by atoms with van der Waals surface area (Å²) in [5.41, 5.74) is 2.13. The minimum atomic E-state index is -0.226. The predicted octanol–water partition coefficient (Wildman–Crippen LogP) is 4.14. The van der Waals surface area contributed by atoms with E-state index in [1.54, 1.807) is 9.80 Å². The van der Waals surface area contributed by atoms with Gasteiger partial charge in [0.2, 0.25) is 0 Å². The Morgan fingerprint density at radius 3 is 2.50 bits per heavy atom. The standard InChI is InChI=1S/C22H26N2O4S2/c1-3-4-13-23-16-11-8-7-10-15(16)18(20(23)26)19-21(27)24(22(29)30-19)14-9-5-6-12-17(25)28-2/h7-8,10-11H,3-6,9,12-14H2,1-2H3/b19-18-. The number of thioether (sulfide) groups is 1. The highest BCUT2D eigenvalue weighted by atomic mass is 32.2.